The van der Waals surface area contributed by atoms with Crippen LogP contribution in [0, 0.1) is 0 Å². The fraction of sp³-hybridized carbons (Fsp3) is 0.435. The molecule has 2 aliphatic heterocycles. The highest BCUT2D eigenvalue weighted by atomic mass is 19.3. The van der Waals surface area contributed by atoms with Crippen molar-refractivity contribution in [3.8, 4) is 11.5 Å². The Kier molecular flexibility index (Phi) is 7.06. The van der Waals surface area contributed by atoms with E-state index in [-0.39, 0.29) is 17.4 Å². The van der Waals surface area contributed by atoms with Gasteiger partial charge in [0, 0.05) is 31.9 Å². The van der Waals surface area contributed by atoms with Crippen LogP contribution >= 0.6 is 0 Å². The highest BCUT2D eigenvalue weighted by Crippen LogP contribution is 2.37. The van der Waals surface area contributed by atoms with E-state index in [9.17, 15) is 13.6 Å². The molecule has 0 aromatic heterocycles. The Hall–Kier alpha value is -2.91. The number of morpholine rings is 1. The van der Waals surface area contributed by atoms with Crippen molar-refractivity contribution < 1.29 is 27.8 Å². The fourth-order valence-electron chi connectivity index (χ4n) is 4.13. The average molecular weight is 447 g/mol. The number of nitrogens with zero attached hydrogens (tertiary/aromatic N) is 2. The van der Waals surface area contributed by atoms with Crippen molar-refractivity contribution in [2.45, 2.75) is 19.2 Å². The van der Waals surface area contributed by atoms with Crippen molar-refractivity contribution >= 4 is 11.6 Å². The zero-order valence-corrected chi connectivity index (χ0v) is 17.9. The number of halogens is 2. The van der Waals surface area contributed by atoms with Gasteiger partial charge < -0.3 is 24.4 Å². The first-order valence-electron chi connectivity index (χ1n) is 10.7. The van der Waals surface area contributed by atoms with Crippen LogP contribution in [-0.4, -0.2) is 68.8 Å². The van der Waals surface area contributed by atoms with Crippen molar-refractivity contribution in [1.29, 1.82) is 0 Å². The lowest BCUT2D eigenvalue weighted by molar-refractivity contribution is -0.0513. The standard InChI is InChI=1S/C23H27F2N3O4/c1-30-19-8-7-16(15-20(19)32-23(24)25)21-26-18-6-3-2-5-17(18)22(29)28(21)10-4-9-27-11-13-31-14-12-27/h2-3,5-8,15,21,23,26H,4,9-14H2,1H3. The van der Waals surface area contributed by atoms with Gasteiger partial charge in [-0.2, -0.15) is 8.78 Å². The van der Waals surface area contributed by atoms with Gasteiger partial charge in [-0.15, -0.1) is 0 Å². The van der Waals surface area contributed by atoms with Crippen LogP contribution in [0.3, 0.4) is 0 Å². The number of anilines is 1. The van der Waals surface area contributed by atoms with E-state index in [0.29, 0.717) is 23.4 Å². The summed E-state index contributed by atoms with van der Waals surface area (Å²) in [7, 11) is 1.39. The maximum absolute atomic E-state index is 13.3. The van der Waals surface area contributed by atoms with E-state index in [2.05, 4.69) is 15.0 Å². The molecule has 32 heavy (non-hydrogen) atoms. The Morgan fingerprint density at radius 2 is 1.91 bits per heavy atom. The normalized spacial score (nSPS) is 18.9. The zero-order valence-electron chi connectivity index (χ0n) is 17.9. The van der Waals surface area contributed by atoms with E-state index in [1.54, 1.807) is 23.1 Å². The summed E-state index contributed by atoms with van der Waals surface area (Å²) in [6.07, 6.45) is 0.260. The number of carbonyl (C=O) groups is 1. The van der Waals surface area contributed by atoms with Gasteiger partial charge in [0.15, 0.2) is 11.5 Å². The van der Waals surface area contributed by atoms with Gasteiger partial charge >= 0.3 is 6.61 Å². The Labute approximate surface area is 185 Å². The smallest absolute Gasteiger partial charge is 0.387 e. The molecule has 2 aromatic rings. The third kappa shape index (κ3) is 4.94. The molecule has 0 radical (unpaired) electrons. The molecule has 1 unspecified atom stereocenters. The van der Waals surface area contributed by atoms with Crippen LogP contribution in [0.2, 0.25) is 0 Å². The first-order chi connectivity index (χ1) is 15.6. The van der Waals surface area contributed by atoms with E-state index in [0.717, 1.165) is 39.3 Å². The summed E-state index contributed by atoms with van der Waals surface area (Å²) in [4.78, 5) is 17.4. The SMILES string of the molecule is COc1ccc(C2Nc3ccccc3C(=O)N2CCCN2CCOCC2)cc1OC(F)F. The lowest BCUT2D eigenvalue weighted by Crippen LogP contribution is -2.44. The monoisotopic (exact) mass is 447 g/mol. The number of methoxy groups -OCH3 is 1. The number of amides is 1. The lowest BCUT2D eigenvalue weighted by Gasteiger charge is -2.39. The summed E-state index contributed by atoms with van der Waals surface area (Å²) in [5.41, 5.74) is 1.93. The molecule has 1 atom stereocenters. The van der Waals surface area contributed by atoms with Crippen molar-refractivity contribution in [3.63, 3.8) is 0 Å². The quantitative estimate of drug-likeness (QED) is 0.668. The van der Waals surface area contributed by atoms with Crippen LogP contribution in [0.4, 0.5) is 14.5 Å². The van der Waals surface area contributed by atoms with E-state index in [4.69, 9.17) is 9.47 Å². The van der Waals surface area contributed by atoms with E-state index in [1.807, 2.05) is 18.2 Å². The summed E-state index contributed by atoms with van der Waals surface area (Å²) >= 11 is 0. The van der Waals surface area contributed by atoms with E-state index < -0.39 is 12.8 Å². The first kappa shape index (κ1) is 22.3. The summed E-state index contributed by atoms with van der Waals surface area (Å²) in [5.74, 6) is 0.0373. The molecule has 0 aliphatic carbocycles. The summed E-state index contributed by atoms with van der Waals surface area (Å²) in [5, 5.41) is 3.39. The predicted molar refractivity (Wildman–Crippen MR) is 115 cm³/mol. The molecule has 0 bridgehead atoms. The molecule has 1 saturated heterocycles. The highest BCUT2D eigenvalue weighted by molar-refractivity contribution is 6.01. The van der Waals surface area contributed by atoms with Gasteiger partial charge in [-0.3, -0.25) is 9.69 Å². The topological polar surface area (TPSA) is 63.3 Å². The highest BCUT2D eigenvalue weighted by Gasteiger charge is 2.33. The second-order valence-electron chi connectivity index (χ2n) is 7.69. The number of rotatable bonds is 8. The minimum absolute atomic E-state index is 0.0682. The molecule has 172 valence electrons. The van der Waals surface area contributed by atoms with Gasteiger partial charge in [0.1, 0.15) is 6.17 Å². The molecule has 7 nitrogen and oxygen atoms in total. The summed E-state index contributed by atoms with van der Waals surface area (Å²) < 4.78 is 41.0. The Balaban J connectivity index is 1.59. The van der Waals surface area contributed by atoms with Gasteiger partial charge in [0.05, 0.1) is 25.9 Å². The molecule has 9 heteroatoms. The van der Waals surface area contributed by atoms with Crippen molar-refractivity contribution in [2.24, 2.45) is 0 Å². The number of hydrogen-bond donors (Lipinski definition) is 1. The van der Waals surface area contributed by atoms with E-state index in [1.165, 1.54) is 13.2 Å². The minimum atomic E-state index is -2.98. The van der Waals surface area contributed by atoms with Crippen LogP contribution in [0.15, 0.2) is 42.5 Å². The van der Waals surface area contributed by atoms with Crippen molar-refractivity contribution in [3.05, 3.63) is 53.6 Å². The fourth-order valence-corrected chi connectivity index (χ4v) is 4.13. The number of ether oxygens (including phenoxy) is 3. The molecule has 4 rings (SSSR count). The molecule has 0 saturated carbocycles. The van der Waals surface area contributed by atoms with Gasteiger partial charge in [-0.25, -0.2) is 0 Å². The number of nitrogens with one attached hydrogen (secondary N) is 1. The van der Waals surface area contributed by atoms with Gasteiger partial charge in [-0.05, 0) is 36.2 Å². The van der Waals surface area contributed by atoms with Crippen LogP contribution < -0.4 is 14.8 Å². The molecule has 2 heterocycles. The molecular formula is C23H27F2N3O4. The third-order valence-electron chi connectivity index (χ3n) is 5.72. The summed E-state index contributed by atoms with van der Waals surface area (Å²) in [6, 6.07) is 12.1. The summed E-state index contributed by atoms with van der Waals surface area (Å²) in [6.45, 7) is 1.59. The Bertz CT molecular complexity index is 937. The number of carbonyl (C=O) groups excluding carboxylic acids is 1. The largest absolute Gasteiger partial charge is 0.493 e. The molecule has 1 amide bonds. The molecular weight excluding hydrogens is 420 g/mol. The van der Waals surface area contributed by atoms with Gasteiger partial charge in [-0.1, -0.05) is 18.2 Å². The van der Waals surface area contributed by atoms with Gasteiger partial charge in [0.2, 0.25) is 0 Å². The second kappa shape index (κ2) is 10.1. The number of alkyl halides is 2. The molecule has 2 aromatic carbocycles. The molecule has 1 fully saturated rings. The molecule has 0 spiro atoms. The number of hydrogen-bond acceptors (Lipinski definition) is 6. The maximum Gasteiger partial charge on any atom is 0.387 e. The van der Waals surface area contributed by atoms with Crippen molar-refractivity contribution in [1.82, 2.24) is 9.80 Å². The average Bonchev–Trinajstić information content (AvgIpc) is 2.80. The Morgan fingerprint density at radius 1 is 1.12 bits per heavy atom. The first-order valence-corrected chi connectivity index (χ1v) is 10.7. The van der Waals surface area contributed by atoms with Crippen LogP contribution in [0.1, 0.15) is 28.5 Å². The second-order valence-corrected chi connectivity index (χ2v) is 7.69. The van der Waals surface area contributed by atoms with E-state index >= 15 is 0 Å². The third-order valence-corrected chi connectivity index (χ3v) is 5.72. The number of para-hydroxylation sites is 1. The molecule has 1 N–H and O–H groups in total. The number of fused-ring (bicyclic) bond motifs is 1. The van der Waals surface area contributed by atoms with Crippen LogP contribution in [-0.2, 0) is 4.74 Å². The van der Waals surface area contributed by atoms with Crippen LogP contribution in [0.5, 0.6) is 11.5 Å². The minimum Gasteiger partial charge on any atom is -0.493 e. The zero-order chi connectivity index (χ0) is 22.5. The van der Waals surface area contributed by atoms with Crippen molar-refractivity contribution in [2.75, 3.05) is 51.8 Å². The Morgan fingerprint density at radius 3 is 2.66 bits per heavy atom. The predicted octanol–water partition coefficient (Wildman–Crippen LogP) is 3.59. The maximum atomic E-state index is 13.3. The number of benzene rings is 2. The lowest BCUT2D eigenvalue weighted by atomic mass is 10.0. The molecule has 2 aliphatic rings. The van der Waals surface area contributed by atoms with Gasteiger partial charge in [0.25, 0.3) is 5.91 Å². The van der Waals surface area contributed by atoms with Crippen LogP contribution in [0.25, 0.3) is 0 Å².